The van der Waals surface area contributed by atoms with E-state index in [0.29, 0.717) is 28.5 Å². The van der Waals surface area contributed by atoms with Gasteiger partial charge in [-0.15, -0.1) is 0 Å². The number of amides is 2. The van der Waals surface area contributed by atoms with Crippen LogP contribution in [0.25, 0.3) is 5.57 Å². The third-order valence-electron chi connectivity index (χ3n) is 4.92. The van der Waals surface area contributed by atoms with Crippen LogP contribution in [0.1, 0.15) is 18.1 Å². The first-order chi connectivity index (χ1) is 15.1. The molecule has 0 aliphatic carbocycles. The maximum atomic E-state index is 13.3. The van der Waals surface area contributed by atoms with E-state index >= 15 is 0 Å². The van der Waals surface area contributed by atoms with Gasteiger partial charge in [0.2, 0.25) is 0 Å². The Kier molecular flexibility index (Phi) is 6.05. The predicted molar refractivity (Wildman–Crippen MR) is 122 cm³/mol. The van der Waals surface area contributed by atoms with E-state index < -0.39 is 0 Å². The SMILES string of the molecule is CCOc1ccc(NC2=C(c3ccccc3)C(=O)N(Cc3ccc(Cl)cc3)C2=O)cc1. The Morgan fingerprint density at radius 2 is 1.55 bits per heavy atom. The average Bonchev–Trinajstić information content (AvgIpc) is 3.01. The Hall–Kier alpha value is -3.57. The minimum atomic E-state index is -0.368. The Morgan fingerprint density at radius 1 is 0.871 bits per heavy atom. The summed E-state index contributed by atoms with van der Waals surface area (Å²) < 4.78 is 5.47. The van der Waals surface area contributed by atoms with Crippen LogP contribution in [0, 0.1) is 0 Å². The lowest BCUT2D eigenvalue weighted by Crippen LogP contribution is -2.32. The van der Waals surface area contributed by atoms with E-state index in [0.717, 1.165) is 11.3 Å². The van der Waals surface area contributed by atoms with Crippen molar-refractivity contribution in [2.75, 3.05) is 11.9 Å². The molecule has 0 bridgehead atoms. The van der Waals surface area contributed by atoms with Crippen LogP contribution in [0.3, 0.4) is 0 Å². The van der Waals surface area contributed by atoms with Crippen molar-refractivity contribution in [2.45, 2.75) is 13.5 Å². The molecule has 0 saturated heterocycles. The number of nitrogens with zero attached hydrogens (tertiary/aromatic N) is 1. The van der Waals surface area contributed by atoms with Crippen molar-refractivity contribution in [1.29, 1.82) is 0 Å². The first-order valence-corrected chi connectivity index (χ1v) is 10.3. The van der Waals surface area contributed by atoms with Gasteiger partial charge in [0.05, 0.1) is 18.7 Å². The fourth-order valence-electron chi connectivity index (χ4n) is 3.43. The number of carbonyl (C=O) groups is 2. The van der Waals surface area contributed by atoms with E-state index in [4.69, 9.17) is 16.3 Å². The van der Waals surface area contributed by atoms with Crippen LogP contribution in [-0.4, -0.2) is 23.3 Å². The predicted octanol–water partition coefficient (Wildman–Crippen LogP) is 5.13. The molecular weight excluding hydrogens is 412 g/mol. The van der Waals surface area contributed by atoms with Gasteiger partial charge in [-0.1, -0.05) is 54.1 Å². The van der Waals surface area contributed by atoms with Crippen molar-refractivity contribution < 1.29 is 14.3 Å². The van der Waals surface area contributed by atoms with Gasteiger partial charge in [-0.3, -0.25) is 14.5 Å². The molecule has 3 aromatic carbocycles. The topological polar surface area (TPSA) is 58.6 Å². The summed E-state index contributed by atoms with van der Waals surface area (Å²) >= 11 is 5.96. The van der Waals surface area contributed by atoms with E-state index in [1.54, 1.807) is 12.1 Å². The number of ether oxygens (including phenoxy) is 1. The average molecular weight is 433 g/mol. The van der Waals surface area contributed by atoms with Crippen molar-refractivity contribution in [3.63, 3.8) is 0 Å². The number of rotatable bonds is 7. The third-order valence-corrected chi connectivity index (χ3v) is 5.17. The molecule has 4 rings (SSSR count). The van der Waals surface area contributed by atoms with Crippen LogP contribution >= 0.6 is 11.6 Å². The van der Waals surface area contributed by atoms with Crippen molar-refractivity contribution >= 4 is 34.7 Å². The highest BCUT2D eigenvalue weighted by atomic mass is 35.5. The standard InChI is InChI=1S/C25H21ClN2O3/c1-2-31-21-14-12-20(13-15-21)27-23-22(18-6-4-3-5-7-18)24(29)28(25(23)30)16-17-8-10-19(26)11-9-17/h3-15,27H,2,16H2,1H3. The molecule has 1 aliphatic rings. The van der Waals surface area contributed by atoms with Crippen molar-refractivity contribution in [1.82, 2.24) is 4.90 Å². The maximum absolute atomic E-state index is 13.3. The van der Waals surface area contributed by atoms with Crippen LogP contribution in [-0.2, 0) is 16.1 Å². The van der Waals surface area contributed by atoms with Gasteiger partial charge in [0.15, 0.2) is 0 Å². The van der Waals surface area contributed by atoms with Crippen LogP contribution < -0.4 is 10.1 Å². The Bertz CT molecular complexity index is 1120. The molecule has 0 atom stereocenters. The summed E-state index contributed by atoms with van der Waals surface area (Å²) in [6.45, 7) is 2.66. The summed E-state index contributed by atoms with van der Waals surface area (Å²) in [6, 6.07) is 23.6. The smallest absolute Gasteiger partial charge is 0.278 e. The van der Waals surface area contributed by atoms with E-state index in [9.17, 15) is 9.59 Å². The summed E-state index contributed by atoms with van der Waals surface area (Å²) in [5.41, 5.74) is 2.82. The molecule has 156 valence electrons. The first kappa shape index (κ1) is 20.7. The number of anilines is 1. The largest absolute Gasteiger partial charge is 0.494 e. The second-order valence-corrected chi connectivity index (χ2v) is 7.46. The number of halogens is 1. The Morgan fingerprint density at radius 3 is 2.19 bits per heavy atom. The molecule has 2 amide bonds. The molecule has 1 heterocycles. The van der Waals surface area contributed by atoms with Gasteiger partial charge < -0.3 is 10.1 Å². The first-order valence-electron chi connectivity index (χ1n) is 9.97. The lowest BCUT2D eigenvalue weighted by atomic mass is 10.0. The Labute approximate surface area is 185 Å². The van der Waals surface area contributed by atoms with E-state index in [-0.39, 0.29) is 24.1 Å². The second-order valence-electron chi connectivity index (χ2n) is 7.02. The van der Waals surface area contributed by atoms with Crippen LogP contribution in [0.4, 0.5) is 5.69 Å². The molecule has 0 unspecified atom stereocenters. The molecule has 0 saturated carbocycles. The number of benzene rings is 3. The van der Waals surface area contributed by atoms with E-state index in [2.05, 4.69) is 5.32 Å². The fourth-order valence-corrected chi connectivity index (χ4v) is 3.55. The molecule has 3 aromatic rings. The van der Waals surface area contributed by atoms with Gasteiger partial charge in [-0.25, -0.2) is 0 Å². The zero-order valence-corrected chi connectivity index (χ0v) is 17.7. The van der Waals surface area contributed by atoms with Gasteiger partial charge in [0.1, 0.15) is 11.4 Å². The van der Waals surface area contributed by atoms with Gasteiger partial charge in [-0.2, -0.15) is 0 Å². The van der Waals surface area contributed by atoms with Gasteiger partial charge >= 0.3 is 0 Å². The molecule has 0 spiro atoms. The monoisotopic (exact) mass is 432 g/mol. The minimum absolute atomic E-state index is 0.166. The quantitative estimate of drug-likeness (QED) is 0.526. The summed E-state index contributed by atoms with van der Waals surface area (Å²) in [4.78, 5) is 27.8. The van der Waals surface area contributed by atoms with Crippen LogP contribution in [0.2, 0.25) is 5.02 Å². The summed E-state index contributed by atoms with van der Waals surface area (Å²) in [5.74, 6) is 0.0378. The number of hydrogen-bond acceptors (Lipinski definition) is 4. The Balaban J connectivity index is 1.67. The van der Waals surface area contributed by atoms with Crippen molar-refractivity contribution in [3.05, 3.63) is 101 Å². The van der Waals surface area contributed by atoms with E-state index in [1.165, 1.54) is 4.90 Å². The molecule has 5 nitrogen and oxygen atoms in total. The van der Waals surface area contributed by atoms with Crippen LogP contribution in [0.15, 0.2) is 84.6 Å². The highest BCUT2D eigenvalue weighted by molar-refractivity contribution is 6.36. The normalized spacial score (nSPS) is 13.7. The molecule has 1 N–H and O–H groups in total. The summed E-state index contributed by atoms with van der Waals surface area (Å²) in [5, 5.41) is 3.76. The lowest BCUT2D eigenvalue weighted by Gasteiger charge is -2.15. The zero-order valence-electron chi connectivity index (χ0n) is 17.0. The van der Waals surface area contributed by atoms with Gasteiger partial charge in [0.25, 0.3) is 11.8 Å². The number of imide groups is 1. The van der Waals surface area contributed by atoms with Gasteiger partial charge in [-0.05, 0) is 54.4 Å². The molecular formula is C25H21ClN2O3. The highest BCUT2D eigenvalue weighted by Crippen LogP contribution is 2.32. The molecule has 0 radical (unpaired) electrons. The molecule has 6 heteroatoms. The third kappa shape index (κ3) is 4.47. The zero-order chi connectivity index (χ0) is 21.8. The van der Waals surface area contributed by atoms with E-state index in [1.807, 2.05) is 73.7 Å². The summed E-state index contributed by atoms with van der Waals surface area (Å²) in [6.07, 6.45) is 0. The molecule has 0 fully saturated rings. The number of hydrogen-bond donors (Lipinski definition) is 1. The number of carbonyl (C=O) groups excluding carboxylic acids is 2. The highest BCUT2D eigenvalue weighted by Gasteiger charge is 2.39. The molecule has 31 heavy (non-hydrogen) atoms. The second kappa shape index (κ2) is 9.06. The number of nitrogens with one attached hydrogen (secondary N) is 1. The minimum Gasteiger partial charge on any atom is -0.494 e. The molecule has 1 aliphatic heterocycles. The van der Waals surface area contributed by atoms with Crippen LogP contribution in [0.5, 0.6) is 5.75 Å². The summed E-state index contributed by atoms with van der Waals surface area (Å²) in [7, 11) is 0. The molecule has 0 aromatic heterocycles. The fraction of sp³-hybridized carbons (Fsp3) is 0.120. The van der Waals surface area contributed by atoms with Gasteiger partial charge in [0, 0.05) is 10.7 Å². The van der Waals surface area contributed by atoms with Crippen molar-refractivity contribution in [3.8, 4) is 5.75 Å². The lowest BCUT2D eigenvalue weighted by molar-refractivity contribution is -0.137. The maximum Gasteiger partial charge on any atom is 0.278 e. The van der Waals surface area contributed by atoms with Crippen molar-refractivity contribution in [2.24, 2.45) is 0 Å².